The van der Waals surface area contributed by atoms with E-state index in [4.69, 9.17) is 28.4 Å². The first kappa shape index (κ1) is 36.3. The van der Waals surface area contributed by atoms with Crippen LogP contribution in [-0.2, 0) is 23.7 Å². The molecule has 0 saturated carbocycles. The first-order valence-corrected chi connectivity index (χ1v) is 18.9. The zero-order chi connectivity index (χ0) is 36.3. The van der Waals surface area contributed by atoms with Gasteiger partial charge in [0.1, 0.15) is 0 Å². The molecule has 10 nitrogen and oxygen atoms in total. The van der Waals surface area contributed by atoms with Crippen LogP contribution in [0.4, 0.5) is 0 Å². The van der Waals surface area contributed by atoms with Gasteiger partial charge < -0.3 is 0 Å². The van der Waals surface area contributed by atoms with Crippen LogP contribution in [0, 0.1) is 0 Å². The second kappa shape index (κ2) is 17.6. The van der Waals surface area contributed by atoms with Crippen LogP contribution < -0.4 is 8.35 Å². The van der Waals surface area contributed by atoms with Crippen molar-refractivity contribution in [1.82, 2.24) is 0 Å². The average Bonchev–Trinajstić information content (AvgIpc) is 3.20. The Morgan fingerprint density at radius 1 is 0.519 bits per heavy atom. The first-order chi connectivity index (χ1) is 25.4. The Labute approximate surface area is 310 Å². The number of carbonyl (C=O) groups is 4. The van der Waals surface area contributed by atoms with Crippen molar-refractivity contribution in [3.05, 3.63) is 168 Å². The molecule has 1 aliphatic heterocycles. The molecule has 5 aromatic rings. The molecule has 5 aromatic carbocycles. The molecule has 0 unspecified atom stereocenters. The molecule has 1 fully saturated rings. The monoisotopic (exact) mass is 816 g/mol. The second-order valence-electron chi connectivity index (χ2n) is 11.5. The van der Waals surface area contributed by atoms with Gasteiger partial charge in [0.05, 0.1) is 0 Å². The van der Waals surface area contributed by atoms with E-state index in [2.05, 4.69) is 0 Å². The zero-order valence-corrected chi connectivity index (χ0v) is 30.3. The van der Waals surface area contributed by atoms with Gasteiger partial charge >= 0.3 is 312 Å². The van der Waals surface area contributed by atoms with Crippen LogP contribution in [0.15, 0.2) is 146 Å². The fourth-order valence-electron chi connectivity index (χ4n) is 5.41. The Hall–Kier alpha value is -5.47. The summed E-state index contributed by atoms with van der Waals surface area (Å²) >= 11 is -1.42. The summed E-state index contributed by atoms with van der Waals surface area (Å²) in [6.07, 6.45) is -5.12. The summed E-state index contributed by atoms with van der Waals surface area (Å²) in [6.45, 7) is -0.370. The summed E-state index contributed by atoms with van der Waals surface area (Å²) in [4.78, 5) is 54.3. The summed E-state index contributed by atoms with van der Waals surface area (Å²) < 4.78 is 36.3. The fourth-order valence-corrected chi connectivity index (χ4v) is 8.56. The molecule has 0 aromatic heterocycles. The number of rotatable bonds is 12. The van der Waals surface area contributed by atoms with E-state index >= 15 is 0 Å². The van der Waals surface area contributed by atoms with E-state index in [1.807, 2.05) is 24.3 Å². The summed E-state index contributed by atoms with van der Waals surface area (Å²) in [5.74, 6) is -2.15. The minimum absolute atomic E-state index is 0.225. The van der Waals surface area contributed by atoms with Gasteiger partial charge in [0.25, 0.3) is 0 Å². The predicted molar refractivity (Wildman–Crippen MR) is 191 cm³/mol. The van der Waals surface area contributed by atoms with Gasteiger partial charge in [-0.25, -0.2) is 0 Å². The molecule has 1 heterocycles. The van der Waals surface area contributed by atoms with Gasteiger partial charge in [0, 0.05) is 0 Å². The van der Waals surface area contributed by atoms with E-state index in [1.165, 1.54) is 0 Å². The van der Waals surface area contributed by atoms with Crippen molar-refractivity contribution >= 4 is 48.4 Å². The van der Waals surface area contributed by atoms with Crippen molar-refractivity contribution in [1.29, 1.82) is 0 Å². The molecular formula is C41H34O10Te. The second-order valence-corrected chi connectivity index (χ2v) is 14.9. The summed E-state index contributed by atoms with van der Waals surface area (Å²) in [7, 11) is 1.57. The number of hydrogen-bond acceptors (Lipinski definition) is 10. The third-order valence-corrected chi connectivity index (χ3v) is 11.3. The third kappa shape index (κ3) is 9.25. The SMILES string of the molecule is COc1ccc([Te][C@@H]2O[C@H](COC(=O)c3ccccc3)[C@@H](OC(=O)c3ccccc3)[C@H](OC(=O)c3ccccc3)[C@H]2OC(=O)c2ccccc2)cc1. The van der Waals surface area contributed by atoms with Gasteiger partial charge in [0.15, 0.2) is 0 Å². The predicted octanol–water partition coefficient (Wildman–Crippen LogP) is 5.28. The standard InChI is InChI=1S/C41H34O10Te/c1-46-31-22-24-32(25-23-31)52-41-36(51-40(45)30-20-12-5-13-21-30)35(50-39(44)29-18-10-4-11-19-29)34(49-38(43)28-16-8-3-9-17-28)33(48-41)26-47-37(42)27-14-6-2-7-15-27/h2-25,33-36,41H,26H2,1H3/t33-,34-,35+,36-,41+/m1/s1. The van der Waals surface area contributed by atoms with E-state index in [0.717, 1.165) is 3.61 Å². The van der Waals surface area contributed by atoms with Crippen LogP contribution in [0.2, 0.25) is 0 Å². The van der Waals surface area contributed by atoms with Crippen LogP contribution in [0.3, 0.4) is 0 Å². The topological polar surface area (TPSA) is 124 Å². The van der Waals surface area contributed by atoms with Crippen LogP contribution in [0.5, 0.6) is 5.75 Å². The molecule has 0 aliphatic carbocycles. The zero-order valence-electron chi connectivity index (χ0n) is 27.9. The number of esters is 4. The molecule has 0 bridgehead atoms. The van der Waals surface area contributed by atoms with Crippen molar-refractivity contribution in [3.63, 3.8) is 0 Å². The van der Waals surface area contributed by atoms with Crippen LogP contribution in [-0.4, -0.2) is 87.1 Å². The number of methoxy groups -OCH3 is 1. The number of benzene rings is 5. The first-order valence-electron chi connectivity index (χ1n) is 16.4. The molecule has 0 spiro atoms. The average molecular weight is 814 g/mol. The molecular weight excluding hydrogens is 780 g/mol. The molecule has 264 valence electrons. The van der Waals surface area contributed by atoms with Crippen molar-refractivity contribution in [2.45, 2.75) is 28.6 Å². The van der Waals surface area contributed by atoms with Gasteiger partial charge in [-0.2, -0.15) is 0 Å². The van der Waals surface area contributed by atoms with Gasteiger partial charge in [-0.1, -0.05) is 0 Å². The van der Waals surface area contributed by atoms with Crippen molar-refractivity contribution in [3.8, 4) is 5.75 Å². The Balaban J connectivity index is 1.41. The van der Waals surface area contributed by atoms with Crippen molar-refractivity contribution < 1.29 is 47.6 Å². The molecule has 1 saturated heterocycles. The Kier molecular flexibility index (Phi) is 12.3. The van der Waals surface area contributed by atoms with E-state index in [1.54, 1.807) is 128 Å². The molecule has 6 rings (SSSR count). The van der Waals surface area contributed by atoms with Crippen LogP contribution in [0.25, 0.3) is 0 Å². The maximum atomic E-state index is 13.8. The van der Waals surface area contributed by atoms with Crippen LogP contribution in [0.1, 0.15) is 41.4 Å². The minimum atomic E-state index is -1.42. The molecule has 52 heavy (non-hydrogen) atoms. The van der Waals surface area contributed by atoms with Crippen LogP contribution >= 0.6 is 0 Å². The molecule has 11 heteroatoms. The Bertz CT molecular complexity index is 1940. The normalized spacial score (nSPS) is 19.4. The maximum absolute atomic E-state index is 13.8. The fraction of sp³-hybridized carbons (Fsp3) is 0.171. The quantitative estimate of drug-likeness (QED) is 0.0934. The van der Waals surface area contributed by atoms with Gasteiger partial charge in [-0.05, 0) is 0 Å². The van der Waals surface area contributed by atoms with E-state index in [0.29, 0.717) is 11.3 Å². The van der Waals surface area contributed by atoms with Gasteiger partial charge in [-0.3, -0.25) is 0 Å². The summed E-state index contributed by atoms with van der Waals surface area (Å²) in [6, 6.07) is 40.7. The van der Waals surface area contributed by atoms with Crippen molar-refractivity contribution in [2.75, 3.05) is 13.7 Å². The summed E-state index contributed by atoms with van der Waals surface area (Å²) in [5.41, 5.74) is 1.02. The van der Waals surface area contributed by atoms with Gasteiger partial charge in [-0.15, -0.1) is 0 Å². The Morgan fingerprint density at radius 2 is 0.923 bits per heavy atom. The molecule has 0 amide bonds. The Morgan fingerprint density at radius 3 is 1.37 bits per heavy atom. The number of hydrogen-bond donors (Lipinski definition) is 0. The molecule has 1 aliphatic rings. The van der Waals surface area contributed by atoms with E-state index in [9.17, 15) is 19.2 Å². The third-order valence-electron chi connectivity index (χ3n) is 8.05. The van der Waals surface area contributed by atoms with E-state index < -0.39 is 73.4 Å². The summed E-state index contributed by atoms with van der Waals surface area (Å²) in [5, 5.41) is 0. The van der Waals surface area contributed by atoms with E-state index in [-0.39, 0.29) is 23.3 Å². The van der Waals surface area contributed by atoms with Crippen molar-refractivity contribution in [2.24, 2.45) is 0 Å². The molecule has 0 radical (unpaired) electrons. The molecule has 0 N–H and O–H groups in total. The van der Waals surface area contributed by atoms with Gasteiger partial charge in [0.2, 0.25) is 0 Å². The molecule has 5 atom stereocenters. The number of carbonyl (C=O) groups excluding carboxylic acids is 4. The number of ether oxygens (including phenoxy) is 6.